The molecule has 22 heavy (non-hydrogen) atoms. The van der Waals surface area contributed by atoms with Gasteiger partial charge in [0, 0.05) is 10.2 Å². The fourth-order valence-electron chi connectivity index (χ4n) is 2.14. The quantitative estimate of drug-likeness (QED) is 0.850. The second-order valence-corrected chi connectivity index (χ2v) is 6.38. The largest absolute Gasteiger partial charge is 0.481 e. The molecule has 4 heteroatoms. The van der Waals surface area contributed by atoms with E-state index < -0.39 is 6.10 Å². The van der Waals surface area contributed by atoms with E-state index in [4.69, 9.17) is 4.74 Å². The first-order valence-electron chi connectivity index (χ1n) is 7.18. The summed E-state index contributed by atoms with van der Waals surface area (Å²) in [5.41, 5.74) is 4.10. The Morgan fingerprint density at radius 2 is 1.77 bits per heavy atom. The van der Waals surface area contributed by atoms with Gasteiger partial charge in [-0.05, 0) is 74.7 Å². The van der Waals surface area contributed by atoms with Gasteiger partial charge in [0.05, 0.1) is 0 Å². The third-order valence-electron chi connectivity index (χ3n) is 3.55. The summed E-state index contributed by atoms with van der Waals surface area (Å²) in [5.74, 6) is 0.594. The summed E-state index contributed by atoms with van der Waals surface area (Å²) in [6, 6.07) is 11.5. The molecule has 0 aliphatic rings. The minimum absolute atomic E-state index is 0.166. The van der Waals surface area contributed by atoms with Crippen LogP contribution in [0.5, 0.6) is 5.75 Å². The fraction of sp³-hybridized carbons (Fsp3) is 0.278. The van der Waals surface area contributed by atoms with Crippen LogP contribution in [0.2, 0.25) is 0 Å². The van der Waals surface area contributed by atoms with Crippen LogP contribution in [0.15, 0.2) is 40.9 Å². The summed E-state index contributed by atoms with van der Waals surface area (Å²) in [5, 5.41) is 2.85. The number of hydrogen-bond donors (Lipinski definition) is 1. The molecule has 0 saturated heterocycles. The predicted molar refractivity (Wildman–Crippen MR) is 93.5 cm³/mol. The van der Waals surface area contributed by atoms with Crippen molar-refractivity contribution in [3.63, 3.8) is 0 Å². The molecule has 0 saturated carbocycles. The second kappa shape index (κ2) is 6.97. The van der Waals surface area contributed by atoms with Crippen molar-refractivity contribution in [3.8, 4) is 5.75 Å². The zero-order valence-corrected chi connectivity index (χ0v) is 14.8. The molecule has 0 bridgehead atoms. The molecule has 3 nitrogen and oxygen atoms in total. The Morgan fingerprint density at radius 1 is 1.14 bits per heavy atom. The highest BCUT2D eigenvalue weighted by Crippen LogP contribution is 2.24. The predicted octanol–water partition coefficient (Wildman–Crippen LogP) is 4.78. The minimum Gasteiger partial charge on any atom is -0.481 e. The Hall–Kier alpha value is -1.81. The van der Waals surface area contributed by atoms with Gasteiger partial charge in [0.1, 0.15) is 5.75 Å². The van der Waals surface area contributed by atoms with E-state index >= 15 is 0 Å². The smallest absolute Gasteiger partial charge is 0.265 e. The van der Waals surface area contributed by atoms with Gasteiger partial charge in [0.25, 0.3) is 5.91 Å². The van der Waals surface area contributed by atoms with Crippen LogP contribution >= 0.6 is 15.9 Å². The van der Waals surface area contributed by atoms with Crippen LogP contribution < -0.4 is 10.1 Å². The van der Waals surface area contributed by atoms with Crippen LogP contribution in [0, 0.1) is 20.8 Å². The van der Waals surface area contributed by atoms with Gasteiger partial charge >= 0.3 is 0 Å². The SMILES string of the molecule is Cc1cc(C)c(C)c(OC(C)C(=O)Nc2ccc(Br)cc2)c1. The number of anilines is 1. The Kier molecular flexibility index (Phi) is 5.24. The lowest BCUT2D eigenvalue weighted by Crippen LogP contribution is -2.30. The molecule has 1 N–H and O–H groups in total. The number of nitrogens with one attached hydrogen (secondary N) is 1. The summed E-state index contributed by atoms with van der Waals surface area (Å²) in [6.45, 7) is 7.82. The maximum atomic E-state index is 12.2. The third-order valence-corrected chi connectivity index (χ3v) is 4.08. The van der Waals surface area contributed by atoms with Crippen LogP contribution in [0.1, 0.15) is 23.6 Å². The van der Waals surface area contributed by atoms with E-state index in [1.165, 1.54) is 0 Å². The molecule has 0 aromatic heterocycles. The molecule has 0 radical (unpaired) electrons. The number of ether oxygens (including phenoxy) is 1. The highest BCUT2D eigenvalue weighted by Gasteiger charge is 2.16. The zero-order valence-electron chi connectivity index (χ0n) is 13.2. The third kappa shape index (κ3) is 4.10. The summed E-state index contributed by atoms with van der Waals surface area (Å²) in [7, 11) is 0. The van der Waals surface area contributed by atoms with Crippen molar-refractivity contribution < 1.29 is 9.53 Å². The number of rotatable bonds is 4. The molecular weight excluding hydrogens is 342 g/mol. The molecule has 0 aliphatic carbocycles. The molecule has 0 heterocycles. The molecular formula is C18H20BrNO2. The summed E-state index contributed by atoms with van der Waals surface area (Å²) in [4.78, 5) is 12.2. The number of carbonyl (C=O) groups is 1. The van der Waals surface area contributed by atoms with Crippen molar-refractivity contribution in [1.29, 1.82) is 0 Å². The van der Waals surface area contributed by atoms with Gasteiger partial charge in [-0.2, -0.15) is 0 Å². The van der Waals surface area contributed by atoms with Gasteiger partial charge in [-0.25, -0.2) is 0 Å². The van der Waals surface area contributed by atoms with E-state index in [9.17, 15) is 4.79 Å². The number of amides is 1. The van der Waals surface area contributed by atoms with E-state index in [1.54, 1.807) is 6.92 Å². The Morgan fingerprint density at radius 3 is 2.41 bits per heavy atom. The molecule has 2 aromatic rings. The summed E-state index contributed by atoms with van der Waals surface area (Å²) in [6.07, 6.45) is -0.566. The molecule has 116 valence electrons. The molecule has 0 fully saturated rings. The normalized spacial score (nSPS) is 11.9. The van der Waals surface area contributed by atoms with Crippen molar-refractivity contribution >= 4 is 27.5 Å². The monoisotopic (exact) mass is 361 g/mol. The first-order valence-corrected chi connectivity index (χ1v) is 7.97. The van der Waals surface area contributed by atoms with Crippen LogP contribution in [-0.2, 0) is 4.79 Å². The lowest BCUT2D eigenvalue weighted by Gasteiger charge is -2.18. The van der Waals surface area contributed by atoms with Crippen LogP contribution in [0.25, 0.3) is 0 Å². The minimum atomic E-state index is -0.566. The number of hydrogen-bond acceptors (Lipinski definition) is 2. The highest BCUT2D eigenvalue weighted by atomic mass is 79.9. The molecule has 1 unspecified atom stereocenters. The standard InChI is InChI=1S/C18H20BrNO2/c1-11-9-12(2)13(3)17(10-11)22-14(4)18(21)20-16-7-5-15(19)6-8-16/h5-10,14H,1-4H3,(H,20,21). The maximum Gasteiger partial charge on any atom is 0.265 e. The van der Waals surface area contributed by atoms with Crippen molar-refractivity contribution in [2.45, 2.75) is 33.8 Å². The van der Waals surface area contributed by atoms with Gasteiger partial charge in [-0.15, -0.1) is 0 Å². The van der Waals surface area contributed by atoms with E-state index in [2.05, 4.69) is 27.3 Å². The second-order valence-electron chi connectivity index (χ2n) is 5.46. The molecule has 2 rings (SSSR count). The first-order chi connectivity index (χ1) is 10.4. The Bertz CT molecular complexity index is 680. The van der Waals surface area contributed by atoms with Gasteiger partial charge in [0.2, 0.25) is 0 Å². The Labute approximate surface area is 139 Å². The summed E-state index contributed by atoms with van der Waals surface area (Å²) >= 11 is 3.37. The van der Waals surface area contributed by atoms with Gasteiger partial charge in [-0.1, -0.05) is 22.0 Å². The van der Waals surface area contributed by atoms with Gasteiger partial charge < -0.3 is 10.1 Å². The molecule has 1 atom stereocenters. The van der Waals surface area contributed by atoms with Crippen molar-refractivity contribution in [2.75, 3.05) is 5.32 Å². The molecule has 2 aromatic carbocycles. The average molecular weight is 362 g/mol. The topological polar surface area (TPSA) is 38.3 Å². The van der Waals surface area contributed by atoms with Crippen LogP contribution in [0.4, 0.5) is 5.69 Å². The lowest BCUT2D eigenvalue weighted by molar-refractivity contribution is -0.122. The average Bonchev–Trinajstić information content (AvgIpc) is 2.46. The number of aryl methyl sites for hydroxylation is 2. The van der Waals surface area contributed by atoms with E-state index in [1.807, 2.05) is 51.1 Å². The highest BCUT2D eigenvalue weighted by molar-refractivity contribution is 9.10. The van der Waals surface area contributed by atoms with E-state index in [0.717, 1.165) is 32.6 Å². The summed E-state index contributed by atoms with van der Waals surface area (Å²) < 4.78 is 6.82. The number of benzene rings is 2. The fourth-order valence-corrected chi connectivity index (χ4v) is 2.41. The number of halogens is 1. The zero-order chi connectivity index (χ0) is 16.3. The molecule has 0 spiro atoms. The van der Waals surface area contributed by atoms with Crippen molar-refractivity contribution in [2.24, 2.45) is 0 Å². The first kappa shape index (κ1) is 16.6. The molecule has 0 aliphatic heterocycles. The van der Waals surface area contributed by atoms with Crippen LogP contribution in [0.3, 0.4) is 0 Å². The van der Waals surface area contributed by atoms with Gasteiger partial charge in [-0.3, -0.25) is 4.79 Å². The number of carbonyl (C=O) groups excluding carboxylic acids is 1. The Balaban J connectivity index is 2.07. The maximum absolute atomic E-state index is 12.2. The van der Waals surface area contributed by atoms with Gasteiger partial charge in [0.15, 0.2) is 6.10 Å². The van der Waals surface area contributed by atoms with Crippen molar-refractivity contribution in [3.05, 3.63) is 57.6 Å². The lowest BCUT2D eigenvalue weighted by atomic mass is 10.1. The van der Waals surface area contributed by atoms with E-state index in [0.29, 0.717) is 0 Å². The van der Waals surface area contributed by atoms with Crippen molar-refractivity contribution in [1.82, 2.24) is 0 Å². The van der Waals surface area contributed by atoms with Crippen LogP contribution in [-0.4, -0.2) is 12.0 Å². The van der Waals surface area contributed by atoms with E-state index in [-0.39, 0.29) is 5.91 Å². The molecule has 1 amide bonds.